The summed E-state index contributed by atoms with van der Waals surface area (Å²) in [7, 11) is -3.44. The standard InChI is InChI=1S/C20H22N4O3S2/c1-15(20(25)22-18-7-2-6-17-16(18)5-3-9-21-17)23-10-12-24(13-11-23)29(26,27)19-8-4-14-28-19/h2-9,14-15H,10-13H2,1H3,(H,22,25)/t15-/m1/s1. The van der Waals surface area contributed by atoms with Crippen LogP contribution in [-0.2, 0) is 14.8 Å². The van der Waals surface area contributed by atoms with Gasteiger partial charge in [-0.2, -0.15) is 4.31 Å². The molecule has 1 saturated heterocycles. The van der Waals surface area contributed by atoms with E-state index in [-0.39, 0.29) is 11.9 Å². The van der Waals surface area contributed by atoms with Gasteiger partial charge in [0.2, 0.25) is 5.91 Å². The number of nitrogens with one attached hydrogen (secondary N) is 1. The Morgan fingerprint density at radius 1 is 1.10 bits per heavy atom. The van der Waals surface area contributed by atoms with Gasteiger partial charge in [-0.05, 0) is 42.6 Å². The highest BCUT2D eigenvalue weighted by Gasteiger charge is 2.32. The van der Waals surface area contributed by atoms with Crippen molar-refractivity contribution in [3.8, 4) is 0 Å². The minimum Gasteiger partial charge on any atom is -0.324 e. The van der Waals surface area contributed by atoms with Crippen molar-refractivity contribution in [3.05, 3.63) is 54.0 Å². The van der Waals surface area contributed by atoms with Crippen LogP contribution in [0.1, 0.15) is 6.92 Å². The Morgan fingerprint density at radius 2 is 1.90 bits per heavy atom. The number of rotatable bonds is 5. The fourth-order valence-corrected chi connectivity index (χ4v) is 6.05. The number of thiophene rings is 1. The van der Waals surface area contributed by atoms with Gasteiger partial charge in [-0.1, -0.05) is 12.1 Å². The third-order valence-electron chi connectivity index (χ3n) is 5.19. The maximum Gasteiger partial charge on any atom is 0.252 e. The third-order valence-corrected chi connectivity index (χ3v) is 8.46. The average molecular weight is 431 g/mol. The summed E-state index contributed by atoms with van der Waals surface area (Å²) in [5, 5.41) is 5.65. The maximum atomic E-state index is 12.8. The summed E-state index contributed by atoms with van der Waals surface area (Å²) in [6, 6.07) is 12.4. The summed E-state index contributed by atoms with van der Waals surface area (Å²) in [6.45, 7) is 3.61. The van der Waals surface area contributed by atoms with Gasteiger partial charge >= 0.3 is 0 Å². The molecule has 1 N–H and O–H groups in total. The number of benzene rings is 1. The number of aromatic nitrogens is 1. The lowest BCUT2D eigenvalue weighted by Crippen LogP contribution is -2.53. The van der Waals surface area contributed by atoms with E-state index in [2.05, 4.69) is 10.3 Å². The molecule has 0 bridgehead atoms. The van der Waals surface area contributed by atoms with Crippen LogP contribution in [0.5, 0.6) is 0 Å². The number of piperazine rings is 1. The molecule has 0 saturated carbocycles. The van der Waals surface area contributed by atoms with Crippen LogP contribution in [-0.4, -0.2) is 60.7 Å². The van der Waals surface area contributed by atoms with Crippen molar-refractivity contribution in [3.63, 3.8) is 0 Å². The molecule has 4 rings (SSSR count). The third kappa shape index (κ3) is 4.04. The van der Waals surface area contributed by atoms with Crippen LogP contribution < -0.4 is 5.32 Å². The number of fused-ring (bicyclic) bond motifs is 1. The summed E-state index contributed by atoms with van der Waals surface area (Å²) in [5.41, 5.74) is 1.55. The molecule has 0 spiro atoms. The molecule has 0 unspecified atom stereocenters. The van der Waals surface area contributed by atoms with Gasteiger partial charge in [-0.15, -0.1) is 11.3 Å². The molecule has 7 nitrogen and oxygen atoms in total. The van der Waals surface area contributed by atoms with E-state index in [4.69, 9.17) is 0 Å². The van der Waals surface area contributed by atoms with E-state index in [0.29, 0.717) is 30.4 Å². The molecular weight excluding hydrogens is 408 g/mol. The van der Waals surface area contributed by atoms with Gasteiger partial charge < -0.3 is 5.32 Å². The van der Waals surface area contributed by atoms with E-state index in [0.717, 1.165) is 16.6 Å². The maximum absolute atomic E-state index is 12.8. The smallest absolute Gasteiger partial charge is 0.252 e. The number of pyridine rings is 1. The number of hydrogen-bond acceptors (Lipinski definition) is 6. The SMILES string of the molecule is C[C@H](C(=O)Nc1cccc2ncccc12)N1CCN(S(=O)(=O)c2cccs2)CC1. The second kappa shape index (κ2) is 8.19. The fraction of sp³-hybridized carbons (Fsp3) is 0.300. The molecule has 29 heavy (non-hydrogen) atoms. The highest BCUT2D eigenvalue weighted by molar-refractivity contribution is 7.91. The van der Waals surface area contributed by atoms with Crippen molar-refractivity contribution in [1.82, 2.24) is 14.2 Å². The van der Waals surface area contributed by atoms with Crippen molar-refractivity contribution in [2.24, 2.45) is 0 Å². The Hall–Kier alpha value is -2.33. The topological polar surface area (TPSA) is 82.6 Å². The quantitative estimate of drug-likeness (QED) is 0.673. The van der Waals surface area contributed by atoms with Crippen molar-refractivity contribution >= 4 is 43.9 Å². The predicted molar refractivity (Wildman–Crippen MR) is 114 cm³/mol. The minimum absolute atomic E-state index is 0.115. The Balaban J connectivity index is 1.40. The van der Waals surface area contributed by atoms with E-state index in [1.54, 1.807) is 23.7 Å². The Morgan fingerprint density at radius 3 is 2.62 bits per heavy atom. The number of hydrogen-bond donors (Lipinski definition) is 1. The van der Waals surface area contributed by atoms with E-state index in [9.17, 15) is 13.2 Å². The second-order valence-electron chi connectivity index (χ2n) is 6.91. The van der Waals surface area contributed by atoms with Gasteiger partial charge in [0.15, 0.2) is 0 Å². The Bertz CT molecular complexity index is 1100. The van der Waals surface area contributed by atoms with Crippen LogP contribution in [0.3, 0.4) is 0 Å². The number of nitrogens with zero attached hydrogens (tertiary/aromatic N) is 3. The zero-order chi connectivity index (χ0) is 20.4. The first-order valence-corrected chi connectivity index (χ1v) is 11.7. The van der Waals surface area contributed by atoms with Crippen LogP contribution in [0.25, 0.3) is 10.9 Å². The molecule has 9 heteroatoms. The highest BCUT2D eigenvalue weighted by Crippen LogP contribution is 2.24. The molecule has 3 aromatic rings. The lowest BCUT2D eigenvalue weighted by Gasteiger charge is -2.36. The Labute approximate surface area is 174 Å². The summed E-state index contributed by atoms with van der Waals surface area (Å²) in [6.07, 6.45) is 1.72. The van der Waals surface area contributed by atoms with Gasteiger partial charge in [0.1, 0.15) is 4.21 Å². The van der Waals surface area contributed by atoms with E-state index >= 15 is 0 Å². The molecular formula is C20H22N4O3S2. The van der Waals surface area contributed by atoms with E-state index < -0.39 is 10.0 Å². The number of amides is 1. The molecule has 152 valence electrons. The number of carbonyl (C=O) groups excluding carboxylic acids is 1. The largest absolute Gasteiger partial charge is 0.324 e. The van der Waals surface area contributed by atoms with Crippen molar-refractivity contribution in [2.75, 3.05) is 31.5 Å². The van der Waals surface area contributed by atoms with Crippen LogP contribution in [0.2, 0.25) is 0 Å². The number of anilines is 1. The first-order chi connectivity index (χ1) is 14.0. The molecule has 0 radical (unpaired) electrons. The first-order valence-electron chi connectivity index (χ1n) is 9.39. The Kier molecular flexibility index (Phi) is 5.64. The molecule has 1 aromatic carbocycles. The molecule has 1 fully saturated rings. The van der Waals surface area contributed by atoms with Crippen molar-refractivity contribution in [2.45, 2.75) is 17.2 Å². The first kappa shape index (κ1) is 20.0. The highest BCUT2D eigenvalue weighted by atomic mass is 32.2. The lowest BCUT2D eigenvalue weighted by atomic mass is 10.1. The van der Waals surface area contributed by atoms with E-state index in [1.807, 2.05) is 42.2 Å². The monoisotopic (exact) mass is 430 g/mol. The summed E-state index contributed by atoms with van der Waals surface area (Å²) < 4.78 is 27.2. The zero-order valence-corrected chi connectivity index (χ0v) is 17.6. The van der Waals surface area contributed by atoms with Gasteiger partial charge in [-0.3, -0.25) is 14.7 Å². The molecule has 3 heterocycles. The van der Waals surface area contributed by atoms with Gasteiger partial charge in [0, 0.05) is 37.8 Å². The van der Waals surface area contributed by atoms with Crippen LogP contribution >= 0.6 is 11.3 Å². The molecule has 1 aliphatic heterocycles. The summed E-state index contributed by atoms with van der Waals surface area (Å²) >= 11 is 1.23. The molecule has 1 aliphatic rings. The van der Waals surface area contributed by atoms with Gasteiger partial charge in [0.25, 0.3) is 10.0 Å². The zero-order valence-electron chi connectivity index (χ0n) is 16.0. The van der Waals surface area contributed by atoms with Crippen LogP contribution in [0.15, 0.2) is 58.3 Å². The average Bonchev–Trinajstić information content (AvgIpc) is 3.29. The minimum atomic E-state index is -3.44. The molecule has 1 amide bonds. The summed E-state index contributed by atoms with van der Waals surface area (Å²) in [4.78, 5) is 19.1. The van der Waals surface area contributed by atoms with Crippen molar-refractivity contribution in [1.29, 1.82) is 0 Å². The molecule has 0 aliphatic carbocycles. The predicted octanol–water partition coefficient (Wildman–Crippen LogP) is 2.63. The van der Waals surface area contributed by atoms with Gasteiger partial charge in [-0.25, -0.2) is 8.42 Å². The normalized spacial score (nSPS) is 17.3. The van der Waals surface area contributed by atoms with E-state index in [1.165, 1.54) is 15.6 Å². The van der Waals surface area contributed by atoms with Crippen LogP contribution in [0, 0.1) is 0 Å². The molecule has 2 aromatic heterocycles. The van der Waals surface area contributed by atoms with Crippen molar-refractivity contribution < 1.29 is 13.2 Å². The number of carbonyl (C=O) groups is 1. The fourth-order valence-electron chi connectivity index (χ4n) is 3.48. The van der Waals surface area contributed by atoms with Crippen LogP contribution in [0.4, 0.5) is 5.69 Å². The van der Waals surface area contributed by atoms with Gasteiger partial charge in [0.05, 0.1) is 17.2 Å². The lowest BCUT2D eigenvalue weighted by molar-refractivity contribution is -0.121. The molecule has 1 atom stereocenters. The second-order valence-corrected chi connectivity index (χ2v) is 10.0. The number of sulfonamides is 1. The summed E-state index contributed by atoms with van der Waals surface area (Å²) in [5.74, 6) is -0.115.